The molecule has 0 bridgehead atoms. The van der Waals surface area contributed by atoms with Crippen LogP contribution in [-0.2, 0) is 0 Å². The van der Waals surface area contributed by atoms with Gasteiger partial charge in [-0.15, -0.1) is 0 Å². The topological polar surface area (TPSA) is 101 Å². The summed E-state index contributed by atoms with van der Waals surface area (Å²) < 4.78 is 5.69. The van der Waals surface area contributed by atoms with E-state index in [0.717, 1.165) is 11.3 Å². The highest BCUT2D eigenvalue weighted by Crippen LogP contribution is 2.23. The van der Waals surface area contributed by atoms with Gasteiger partial charge >= 0.3 is 7.12 Å². The van der Waals surface area contributed by atoms with E-state index in [1.54, 1.807) is 6.20 Å². The Kier molecular flexibility index (Phi) is 4.21. The maximum Gasteiger partial charge on any atom is 0.490 e. The molecule has 2 aromatic heterocycles. The first-order valence-electron chi connectivity index (χ1n) is 6.18. The van der Waals surface area contributed by atoms with Crippen molar-refractivity contribution in [2.24, 2.45) is 0 Å². The lowest BCUT2D eigenvalue weighted by atomic mass is 9.81. The molecule has 1 unspecified atom stereocenters. The summed E-state index contributed by atoms with van der Waals surface area (Å²) in [5.74, 6) is 0.485. The summed E-state index contributed by atoms with van der Waals surface area (Å²) in [5.41, 5.74) is 7.76. The van der Waals surface area contributed by atoms with Crippen LogP contribution in [0.4, 0.5) is 5.82 Å². The van der Waals surface area contributed by atoms with Crippen molar-refractivity contribution < 1.29 is 14.8 Å². The summed E-state index contributed by atoms with van der Waals surface area (Å²) in [6.45, 7) is 3.79. The molecule has 0 amide bonds. The Balaban J connectivity index is 2.20. The molecule has 4 N–H and O–H groups in total. The van der Waals surface area contributed by atoms with Crippen molar-refractivity contribution in [1.29, 1.82) is 0 Å². The summed E-state index contributed by atoms with van der Waals surface area (Å²) in [4.78, 5) is 8.15. The Hall–Kier alpha value is -2.12. The van der Waals surface area contributed by atoms with Gasteiger partial charge < -0.3 is 20.5 Å². The van der Waals surface area contributed by atoms with Gasteiger partial charge in [0.15, 0.2) is 11.6 Å². The van der Waals surface area contributed by atoms with Crippen LogP contribution in [0.2, 0.25) is 0 Å². The zero-order valence-electron chi connectivity index (χ0n) is 11.3. The summed E-state index contributed by atoms with van der Waals surface area (Å²) in [7, 11) is -1.61. The predicted molar refractivity (Wildman–Crippen MR) is 76.5 cm³/mol. The first-order chi connectivity index (χ1) is 9.47. The van der Waals surface area contributed by atoms with E-state index in [4.69, 9.17) is 20.5 Å². The molecule has 0 aliphatic carbocycles. The van der Waals surface area contributed by atoms with E-state index in [0.29, 0.717) is 5.75 Å². The monoisotopic (exact) mass is 273 g/mol. The number of anilines is 1. The van der Waals surface area contributed by atoms with Crippen molar-refractivity contribution in [2.75, 3.05) is 5.73 Å². The van der Waals surface area contributed by atoms with Gasteiger partial charge in [0, 0.05) is 17.9 Å². The molecule has 104 valence electrons. The van der Waals surface area contributed by atoms with Gasteiger partial charge in [0.1, 0.15) is 6.10 Å². The van der Waals surface area contributed by atoms with Crippen molar-refractivity contribution in [1.82, 2.24) is 9.97 Å². The van der Waals surface area contributed by atoms with E-state index in [9.17, 15) is 0 Å². The zero-order chi connectivity index (χ0) is 14.7. The van der Waals surface area contributed by atoms with Gasteiger partial charge in [-0.2, -0.15) is 0 Å². The predicted octanol–water partition coefficient (Wildman–Crippen LogP) is 0.187. The average Bonchev–Trinajstić information content (AvgIpc) is 2.41. The number of pyridine rings is 2. The molecule has 0 saturated heterocycles. The number of hydrogen-bond donors (Lipinski definition) is 3. The highest BCUT2D eigenvalue weighted by atomic mass is 16.5. The number of rotatable bonds is 4. The third-order valence-corrected chi connectivity index (χ3v) is 2.86. The number of nitrogens with zero attached hydrogens (tertiary/aromatic N) is 2. The summed E-state index contributed by atoms with van der Waals surface area (Å²) >= 11 is 0. The lowest BCUT2D eigenvalue weighted by Crippen LogP contribution is -2.30. The third-order valence-electron chi connectivity index (χ3n) is 2.86. The molecular formula is C13H16BN3O3. The maximum absolute atomic E-state index is 9.13. The Morgan fingerprint density at radius 1 is 1.25 bits per heavy atom. The molecule has 0 saturated carbocycles. The molecule has 0 aliphatic heterocycles. The molecule has 0 aromatic carbocycles. The minimum Gasteiger partial charge on any atom is -0.481 e. The summed E-state index contributed by atoms with van der Waals surface area (Å²) in [5, 5.41) is 18.3. The highest BCUT2D eigenvalue weighted by Gasteiger charge is 2.16. The molecule has 0 aliphatic rings. The van der Waals surface area contributed by atoms with Crippen LogP contribution in [0.25, 0.3) is 0 Å². The smallest absolute Gasteiger partial charge is 0.481 e. The third kappa shape index (κ3) is 3.25. The average molecular weight is 273 g/mol. The lowest BCUT2D eigenvalue weighted by molar-refractivity contribution is 0.222. The van der Waals surface area contributed by atoms with Crippen LogP contribution in [0.3, 0.4) is 0 Å². The second-order valence-electron chi connectivity index (χ2n) is 4.55. The molecule has 0 radical (unpaired) electrons. The van der Waals surface area contributed by atoms with E-state index in [-0.39, 0.29) is 17.4 Å². The van der Waals surface area contributed by atoms with Crippen LogP contribution in [0.15, 0.2) is 30.6 Å². The normalized spacial score (nSPS) is 12.0. The second-order valence-corrected chi connectivity index (χ2v) is 4.55. The fraction of sp³-hybridized carbons (Fsp3) is 0.231. The standard InChI is InChI=1S/C13H16BN3O3/c1-8-3-4-11(16-6-8)9(2)20-12-5-10(14(18)19)7-17-13(12)15/h3-7,9,18-19H,1-2H3,(H2,15,17). The lowest BCUT2D eigenvalue weighted by Gasteiger charge is -2.16. The highest BCUT2D eigenvalue weighted by molar-refractivity contribution is 6.58. The fourth-order valence-corrected chi connectivity index (χ4v) is 1.68. The Bertz CT molecular complexity index is 590. The van der Waals surface area contributed by atoms with Crippen molar-refractivity contribution in [3.05, 3.63) is 41.9 Å². The molecule has 7 heteroatoms. The summed E-state index contributed by atoms with van der Waals surface area (Å²) in [6.07, 6.45) is 2.72. The number of nitrogens with two attached hydrogens (primary N) is 1. The minimum absolute atomic E-state index is 0.188. The molecule has 2 rings (SSSR count). The van der Waals surface area contributed by atoms with Crippen LogP contribution in [-0.4, -0.2) is 27.1 Å². The molecule has 2 aromatic rings. The van der Waals surface area contributed by atoms with Crippen LogP contribution in [0.5, 0.6) is 5.75 Å². The second kappa shape index (κ2) is 5.89. The molecular weight excluding hydrogens is 257 g/mol. The van der Waals surface area contributed by atoms with Gasteiger partial charge in [0.05, 0.1) is 5.69 Å². The molecule has 20 heavy (non-hydrogen) atoms. The van der Waals surface area contributed by atoms with Crippen molar-refractivity contribution in [2.45, 2.75) is 20.0 Å². The quantitative estimate of drug-likeness (QED) is 0.687. The van der Waals surface area contributed by atoms with Crippen molar-refractivity contribution in [3.63, 3.8) is 0 Å². The van der Waals surface area contributed by atoms with Crippen molar-refractivity contribution in [3.8, 4) is 5.75 Å². The molecule has 2 heterocycles. The molecule has 6 nitrogen and oxygen atoms in total. The SMILES string of the molecule is Cc1ccc(C(C)Oc2cc(B(O)O)cnc2N)nc1. The first kappa shape index (κ1) is 14.3. The van der Waals surface area contributed by atoms with Gasteiger partial charge in [-0.3, -0.25) is 4.98 Å². The largest absolute Gasteiger partial charge is 0.490 e. The molecule has 1 atom stereocenters. The Morgan fingerprint density at radius 3 is 2.60 bits per heavy atom. The van der Waals surface area contributed by atoms with Gasteiger partial charge in [0.2, 0.25) is 0 Å². The number of ether oxygens (including phenoxy) is 1. The summed E-state index contributed by atoms with van der Waals surface area (Å²) in [6, 6.07) is 5.27. The zero-order valence-corrected chi connectivity index (χ0v) is 11.3. The molecule has 0 spiro atoms. The van der Waals surface area contributed by atoms with E-state index in [2.05, 4.69) is 9.97 Å². The minimum atomic E-state index is -1.61. The maximum atomic E-state index is 9.13. The van der Waals surface area contributed by atoms with Crippen LogP contribution in [0.1, 0.15) is 24.3 Å². The molecule has 0 fully saturated rings. The fourth-order valence-electron chi connectivity index (χ4n) is 1.68. The van der Waals surface area contributed by atoms with E-state index in [1.807, 2.05) is 26.0 Å². The first-order valence-corrected chi connectivity index (χ1v) is 6.18. The number of hydrogen-bond acceptors (Lipinski definition) is 6. The number of nitrogen functional groups attached to an aromatic ring is 1. The number of aryl methyl sites for hydroxylation is 1. The van der Waals surface area contributed by atoms with Crippen LogP contribution in [0, 0.1) is 6.92 Å². The van der Waals surface area contributed by atoms with Gasteiger partial charge in [-0.25, -0.2) is 4.98 Å². The van der Waals surface area contributed by atoms with E-state index >= 15 is 0 Å². The van der Waals surface area contributed by atoms with Crippen LogP contribution >= 0.6 is 0 Å². The van der Waals surface area contributed by atoms with Gasteiger partial charge in [0.25, 0.3) is 0 Å². The van der Waals surface area contributed by atoms with Gasteiger partial charge in [-0.1, -0.05) is 6.07 Å². The van der Waals surface area contributed by atoms with Gasteiger partial charge in [-0.05, 0) is 31.5 Å². The van der Waals surface area contributed by atoms with E-state index in [1.165, 1.54) is 12.3 Å². The number of aromatic nitrogens is 2. The van der Waals surface area contributed by atoms with Crippen LogP contribution < -0.4 is 15.9 Å². The Morgan fingerprint density at radius 2 is 2.00 bits per heavy atom. The van der Waals surface area contributed by atoms with E-state index < -0.39 is 7.12 Å². The van der Waals surface area contributed by atoms with Crippen molar-refractivity contribution >= 4 is 18.4 Å². The Labute approximate surface area is 117 Å².